The first-order chi connectivity index (χ1) is 8.58. The van der Waals surface area contributed by atoms with E-state index in [0.717, 1.165) is 13.0 Å². The molecule has 0 atom stereocenters. The Morgan fingerprint density at radius 2 is 2.00 bits per heavy atom. The maximum Gasteiger partial charge on any atom is 0.257 e. The largest absolute Gasteiger partial charge is 0.484 e. The summed E-state index contributed by atoms with van der Waals surface area (Å²) in [7, 11) is 4.01. The molecule has 0 saturated heterocycles. The van der Waals surface area contributed by atoms with Gasteiger partial charge in [-0.2, -0.15) is 0 Å². The number of benzene rings is 1. The minimum atomic E-state index is -0.108. The standard InChI is InChI=1S/C13H19ClN2O2/c1-16(2)9-3-8-15-13(17)10-18-12-6-4-11(14)5-7-12/h4-7H,3,8-10H2,1-2H3,(H,15,17). The van der Waals surface area contributed by atoms with Crippen LogP contribution in [-0.4, -0.2) is 44.6 Å². The van der Waals surface area contributed by atoms with Crippen molar-refractivity contribution in [2.24, 2.45) is 0 Å². The lowest BCUT2D eigenvalue weighted by Crippen LogP contribution is -2.31. The summed E-state index contributed by atoms with van der Waals surface area (Å²) in [6.07, 6.45) is 0.930. The van der Waals surface area contributed by atoms with Crippen LogP contribution >= 0.6 is 11.6 Å². The van der Waals surface area contributed by atoms with E-state index in [4.69, 9.17) is 16.3 Å². The van der Waals surface area contributed by atoms with Crippen LogP contribution in [0.1, 0.15) is 6.42 Å². The van der Waals surface area contributed by atoms with Crippen molar-refractivity contribution in [2.45, 2.75) is 6.42 Å². The van der Waals surface area contributed by atoms with Crippen molar-refractivity contribution < 1.29 is 9.53 Å². The highest BCUT2D eigenvalue weighted by atomic mass is 35.5. The molecule has 1 N–H and O–H groups in total. The van der Waals surface area contributed by atoms with E-state index < -0.39 is 0 Å². The number of hydrogen-bond donors (Lipinski definition) is 1. The van der Waals surface area contributed by atoms with Gasteiger partial charge in [-0.25, -0.2) is 0 Å². The third-order valence-electron chi connectivity index (χ3n) is 2.29. The van der Waals surface area contributed by atoms with Gasteiger partial charge in [0.15, 0.2) is 6.61 Å². The zero-order chi connectivity index (χ0) is 13.4. The summed E-state index contributed by atoms with van der Waals surface area (Å²) in [5.74, 6) is 0.534. The smallest absolute Gasteiger partial charge is 0.257 e. The van der Waals surface area contributed by atoms with Crippen molar-refractivity contribution in [3.05, 3.63) is 29.3 Å². The van der Waals surface area contributed by atoms with E-state index in [1.807, 2.05) is 14.1 Å². The minimum absolute atomic E-state index is 0.0313. The average Bonchev–Trinajstić information content (AvgIpc) is 2.34. The molecule has 0 fully saturated rings. The maximum absolute atomic E-state index is 11.5. The molecule has 1 rings (SSSR count). The maximum atomic E-state index is 11.5. The van der Waals surface area contributed by atoms with Crippen LogP contribution in [0.2, 0.25) is 5.02 Å². The van der Waals surface area contributed by atoms with E-state index in [1.165, 1.54) is 0 Å². The molecule has 0 unspecified atom stereocenters. The van der Waals surface area contributed by atoms with Crippen molar-refractivity contribution in [1.29, 1.82) is 0 Å². The van der Waals surface area contributed by atoms with Gasteiger partial charge in [-0.3, -0.25) is 4.79 Å². The molecule has 0 aliphatic rings. The molecule has 0 heterocycles. The molecule has 4 nitrogen and oxygen atoms in total. The number of carbonyl (C=O) groups is 1. The Morgan fingerprint density at radius 3 is 2.61 bits per heavy atom. The lowest BCUT2D eigenvalue weighted by molar-refractivity contribution is -0.123. The first-order valence-electron chi connectivity index (χ1n) is 5.88. The van der Waals surface area contributed by atoms with Crippen LogP contribution in [0.25, 0.3) is 0 Å². The van der Waals surface area contributed by atoms with Crippen LogP contribution in [0, 0.1) is 0 Å². The van der Waals surface area contributed by atoms with E-state index in [-0.39, 0.29) is 12.5 Å². The fourth-order valence-corrected chi connectivity index (χ4v) is 1.48. The molecule has 0 saturated carbocycles. The number of hydrogen-bond acceptors (Lipinski definition) is 3. The molecule has 1 aromatic carbocycles. The van der Waals surface area contributed by atoms with Crippen molar-refractivity contribution in [3.8, 4) is 5.75 Å². The van der Waals surface area contributed by atoms with E-state index in [1.54, 1.807) is 24.3 Å². The summed E-state index contributed by atoms with van der Waals surface area (Å²) >= 11 is 5.75. The minimum Gasteiger partial charge on any atom is -0.484 e. The van der Waals surface area contributed by atoms with Crippen LogP contribution in [0.5, 0.6) is 5.75 Å². The first-order valence-corrected chi connectivity index (χ1v) is 6.25. The molecule has 5 heteroatoms. The Kier molecular flexibility index (Phi) is 6.54. The Bertz CT molecular complexity index is 366. The summed E-state index contributed by atoms with van der Waals surface area (Å²) < 4.78 is 5.32. The van der Waals surface area contributed by atoms with E-state index in [9.17, 15) is 4.79 Å². The van der Waals surface area contributed by atoms with Gasteiger partial charge in [0.05, 0.1) is 0 Å². The summed E-state index contributed by atoms with van der Waals surface area (Å²) in [5.41, 5.74) is 0. The molecule has 0 radical (unpaired) electrons. The van der Waals surface area contributed by atoms with Crippen molar-refractivity contribution >= 4 is 17.5 Å². The Hall–Kier alpha value is -1.26. The number of amides is 1. The third-order valence-corrected chi connectivity index (χ3v) is 2.54. The monoisotopic (exact) mass is 270 g/mol. The van der Waals surface area contributed by atoms with Crippen molar-refractivity contribution in [1.82, 2.24) is 10.2 Å². The second-order valence-corrected chi connectivity index (χ2v) is 4.69. The van der Waals surface area contributed by atoms with E-state index >= 15 is 0 Å². The van der Waals surface area contributed by atoms with Crippen LogP contribution in [0.15, 0.2) is 24.3 Å². The SMILES string of the molecule is CN(C)CCCNC(=O)COc1ccc(Cl)cc1. The molecule has 100 valence electrons. The summed E-state index contributed by atoms with van der Waals surface area (Å²) in [6, 6.07) is 6.93. The third kappa shape index (κ3) is 6.47. The molecule has 18 heavy (non-hydrogen) atoms. The number of nitrogens with one attached hydrogen (secondary N) is 1. The summed E-state index contributed by atoms with van der Waals surface area (Å²) in [4.78, 5) is 13.5. The quantitative estimate of drug-likeness (QED) is 0.768. The molecule has 0 aliphatic carbocycles. The van der Waals surface area contributed by atoms with Crippen molar-refractivity contribution in [2.75, 3.05) is 33.8 Å². The van der Waals surface area contributed by atoms with Crippen LogP contribution < -0.4 is 10.1 Å². The fraction of sp³-hybridized carbons (Fsp3) is 0.462. The second kappa shape index (κ2) is 7.95. The predicted molar refractivity (Wildman–Crippen MR) is 73.1 cm³/mol. The van der Waals surface area contributed by atoms with Gasteiger partial charge in [-0.15, -0.1) is 0 Å². The Labute approximate surface area is 113 Å². The number of nitrogens with zero attached hydrogens (tertiary/aromatic N) is 1. The lowest BCUT2D eigenvalue weighted by Gasteiger charge is -2.10. The summed E-state index contributed by atoms with van der Waals surface area (Å²) in [6.45, 7) is 1.66. The van der Waals surface area contributed by atoms with Gasteiger partial charge in [0.25, 0.3) is 5.91 Å². The van der Waals surface area contributed by atoms with Crippen LogP contribution in [0.4, 0.5) is 0 Å². The van der Waals surface area contributed by atoms with Gasteiger partial charge in [0.1, 0.15) is 5.75 Å². The van der Waals surface area contributed by atoms with Gasteiger partial charge in [-0.1, -0.05) is 11.6 Å². The topological polar surface area (TPSA) is 41.6 Å². The number of carbonyl (C=O) groups excluding carboxylic acids is 1. The lowest BCUT2D eigenvalue weighted by atomic mass is 10.3. The molecule has 1 aromatic rings. The van der Waals surface area contributed by atoms with Gasteiger partial charge < -0.3 is 15.0 Å². The zero-order valence-electron chi connectivity index (χ0n) is 10.8. The number of halogens is 1. The number of ether oxygens (including phenoxy) is 1. The van der Waals surface area contributed by atoms with Crippen molar-refractivity contribution in [3.63, 3.8) is 0 Å². The van der Waals surface area contributed by atoms with Gasteiger partial charge in [0, 0.05) is 11.6 Å². The molecule has 0 spiro atoms. The molecular weight excluding hydrogens is 252 g/mol. The Balaban J connectivity index is 2.15. The second-order valence-electron chi connectivity index (χ2n) is 4.25. The summed E-state index contributed by atoms with van der Waals surface area (Å²) in [5, 5.41) is 3.45. The van der Waals surface area contributed by atoms with Gasteiger partial charge in [0.2, 0.25) is 0 Å². The predicted octanol–water partition coefficient (Wildman–Crippen LogP) is 1.79. The number of rotatable bonds is 7. The fourth-order valence-electron chi connectivity index (χ4n) is 1.35. The molecule has 0 bridgehead atoms. The zero-order valence-corrected chi connectivity index (χ0v) is 11.5. The van der Waals surface area contributed by atoms with Crippen LogP contribution in [-0.2, 0) is 4.79 Å². The molecular formula is C13H19ClN2O2. The highest BCUT2D eigenvalue weighted by molar-refractivity contribution is 6.30. The van der Waals surface area contributed by atoms with Gasteiger partial charge >= 0.3 is 0 Å². The first kappa shape index (κ1) is 14.8. The highest BCUT2D eigenvalue weighted by Gasteiger charge is 2.02. The highest BCUT2D eigenvalue weighted by Crippen LogP contribution is 2.15. The molecule has 1 amide bonds. The van der Waals surface area contributed by atoms with Gasteiger partial charge in [-0.05, 0) is 51.3 Å². The normalized spacial score (nSPS) is 10.4. The molecule has 0 aliphatic heterocycles. The Morgan fingerprint density at radius 1 is 1.33 bits per heavy atom. The average molecular weight is 271 g/mol. The van der Waals surface area contributed by atoms with E-state index in [2.05, 4.69) is 10.2 Å². The van der Waals surface area contributed by atoms with E-state index in [0.29, 0.717) is 17.3 Å². The van der Waals surface area contributed by atoms with Crippen LogP contribution in [0.3, 0.4) is 0 Å². The molecule has 0 aromatic heterocycles.